The van der Waals surface area contributed by atoms with E-state index in [9.17, 15) is 9.59 Å². The summed E-state index contributed by atoms with van der Waals surface area (Å²) < 4.78 is 0. The van der Waals surface area contributed by atoms with E-state index in [2.05, 4.69) is 22.2 Å². The molecule has 3 N–H and O–H groups in total. The molecule has 0 spiro atoms. The molecule has 1 amide bonds. The Morgan fingerprint density at radius 1 is 1.58 bits per heavy atom. The van der Waals surface area contributed by atoms with Crippen molar-refractivity contribution in [3.8, 4) is 0 Å². The molecule has 1 saturated carbocycles. The quantitative estimate of drug-likeness (QED) is 0.761. The number of nitrogens with zero attached hydrogens (tertiary/aromatic N) is 1. The molecule has 104 valence electrons. The molecule has 0 aliphatic heterocycles. The van der Waals surface area contributed by atoms with Gasteiger partial charge >= 0.3 is 5.97 Å². The minimum absolute atomic E-state index is 0.0425. The number of hydrogen-bond acceptors (Lipinski definition) is 4. The second-order valence-corrected chi connectivity index (χ2v) is 6.07. The van der Waals surface area contributed by atoms with Crippen LogP contribution in [0.15, 0.2) is 6.33 Å². The number of rotatable bonds is 5. The zero-order chi connectivity index (χ0) is 13.8. The minimum atomic E-state index is -1.17. The van der Waals surface area contributed by atoms with Gasteiger partial charge in [0, 0.05) is 11.3 Å². The van der Waals surface area contributed by atoms with Crippen LogP contribution in [0.25, 0.3) is 0 Å². The molecule has 1 heterocycles. The number of hydrogen-bond donors (Lipinski definition) is 3. The number of aromatic nitrogens is 2. The van der Waals surface area contributed by atoms with E-state index >= 15 is 0 Å². The van der Waals surface area contributed by atoms with Crippen molar-refractivity contribution in [2.24, 2.45) is 0 Å². The lowest BCUT2D eigenvalue weighted by atomic mass is 10.2. The fourth-order valence-corrected chi connectivity index (χ4v) is 3.48. The highest BCUT2D eigenvalue weighted by molar-refractivity contribution is 7.99. The molecule has 0 radical (unpaired) electrons. The molecule has 2 atom stereocenters. The summed E-state index contributed by atoms with van der Waals surface area (Å²) in [6, 6.07) is 0.120. The summed E-state index contributed by atoms with van der Waals surface area (Å²) in [4.78, 5) is 29.1. The molecule has 6 nitrogen and oxygen atoms in total. The molecule has 1 aliphatic carbocycles. The topological polar surface area (TPSA) is 95.1 Å². The van der Waals surface area contributed by atoms with E-state index in [-0.39, 0.29) is 17.4 Å². The Morgan fingerprint density at radius 3 is 3.05 bits per heavy atom. The van der Waals surface area contributed by atoms with Crippen LogP contribution in [0.2, 0.25) is 0 Å². The molecule has 2 unspecified atom stereocenters. The van der Waals surface area contributed by atoms with Gasteiger partial charge in [-0.3, -0.25) is 4.79 Å². The number of carbonyl (C=O) groups is 2. The van der Waals surface area contributed by atoms with Crippen molar-refractivity contribution in [3.05, 3.63) is 17.7 Å². The zero-order valence-electron chi connectivity index (χ0n) is 10.7. The van der Waals surface area contributed by atoms with Gasteiger partial charge < -0.3 is 15.4 Å². The van der Waals surface area contributed by atoms with Crippen LogP contribution in [0.3, 0.4) is 0 Å². The van der Waals surface area contributed by atoms with Crippen molar-refractivity contribution in [2.45, 2.75) is 37.5 Å². The maximum absolute atomic E-state index is 12.0. The summed E-state index contributed by atoms with van der Waals surface area (Å²) >= 11 is 1.91. The van der Waals surface area contributed by atoms with Gasteiger partial charge in [-0.25, -0.2) is 9.78 Å². The molecule has 7 heteroatoms. The number of aromatic amines is 1. The van der Waals surface area contributed by atoms with Crippen molar-refractivity contribution < 1.29 is 14.7 Å². The first-order chi connectivity index (χ1) is 9.11. The van der Waals surface area contributed by atoms with E-state index in [1.54, 1.807) is 0 Å². The molecule has 1 aromatic rings. The van der Waals surface area contributed by atoms with E-state index in [4.69, 9.17) is 5.11 Å². The van der Waals surface area contributed by atoms with Crippen molar-refractivity contribution in [1.82, 2.24) is 15.3 Å². The number of carboxylic acids is 1. The van der Waals surface area contributed by atoms with Gasteiger partial charge in [-0.15, -0.1) is 0 Å². The Kier molecular flexibility index (Phi) is 4.47. The second kappa shape index (κ2) is 6.10. The van der Waals surface area contributed by atoms with Crippen molar-refractivity contribution >= 4 is 23.6 Å². The van der Waals surface area contributed by atoms with Crippen LogP contribution in [0.4, 0.5) is 0 Å². The van der Waals surface area contributed by atoms with Gasteiger partial charge in [0.2, 0.25) is 0 Å². The van der Waals surface area contributed by atoms with Crippen LogP contribution in [0.1, 0.15) is 47.2 Å². The van der Waals surface area contributed by atoms with Gasteiger partial charge in [-0.05, 0) is 25.0 Å². The van der Waals surface area contributed by atoms with E-state index in [1.807, 2.05) is 11.8 Å². The number of carbonyl (C=O) groups excluding carboxylic acids is 1. The number of amides is 1. The second-order valence-electron chi connectivity index (χ2n) is 4.49. The molecule has 0 aromatic carbocycles. The van der Waals surface area contributed by atoms with Crippen molar-refractivity contribution in [3.63, 3.8) is 0 Å². The third kappa shape index (κ3) is 3.28. The predicted molar refractivity (Wildman–Crippen MR) is 72.6 cm³/mol. The number of H-pyrrole nitrogens is 1. The minimum Gasteiger partial charge on any atom is -0.477 e. The normalized spacial score (nSPS) is 22.4. The molecule has 1 aliphatic rings. The highest BCUT2D eigenvalue weighted by atomic mass is 32.2. The Morgan fingerprint density at radius 2 is 2.37 bits per heavy atom. The SMILES string of the molecule is CCSC1CCC(NC(=O)c2nc[nH]c2C(=O)O)C1. The summed E-state index contributed by atoms with van der Waals surface area (Å²) in [5, 5.41) is 12.4. The Labute approximate surface area is 115 Å². The lowest BCUT2D eigenvalue weighted by Crippen LogP contribution is -2.34. The number of carboxylic acid groups (broad SMARTS) is 1. The molecular weight excluding hydrogens is 266 g/mol. The Bertz CT molecular complexity index is 475. The highest BCUT2D eigenvalue weighted by Crippen LogP contribution is 2.29. The van der Waals surface area contributed by atoms with Gasteiger partial charge in [0.1, 0.15) is 0 Å². The van der Waals surface area contributed by atoms with E-state index < -0.39 is 11.9 Å². The van der Waals surface area contributed by atoms with Crippen LogP contribution in [0.5, 0.6) is 0 Å². The summed E-state index contributed by atoms with van der Waals surface area (Å²) in [5.74, 6) is -0.507. The Hall–Kier alpha value is -1.50. The van der Waals surface area contributed by atoms with Gasteiger partial charge in [0.25, 0.3) is 5.91 Å². The van der Waals surface area contributed by atoms with Gasteiger partial charge in [0.15, 0.2) is 11.4 Å². The largest absolute Gasteiger partial charge is 0.477 e. The fourth-order valence-electron chi connectivity index (χ4n) is 2.34. The first-order valence-electron chi connectivity index (χ1n) is 6.31. The van der Waals surface area contributed by atoms with E-state index in [0.29, 0.717) is 5.25 Å². The van der Waals surface area contributed by atoms with Crippen molar-refractivity contribution in [1.29, 1.82) is 0 Å². The molecule has 0 bridgehead atoms. The van der Waals surface area contributed by atoms with Crippen LogP contribution in [-0.4, -0.2) is 44.0 Å². The molecule has 2 rings (SSSR count). The molecule has 1 aromatic heterocycles. The summed E-state index contributed by atoms with van der Waals surface area (Å²) in [7, 11) is 0. The van der Waals surface area contributed by atoms with Gasteiger partial charge in [0.05, 0.1) is 6.33 Å². The van der Waals surface area contributed by atoms with Crippen LogP contribution >= 0.6 is 11.8 Å². The summed E-state index contributed by atoms with van der Waals surface area (Å²) in [6.07, 6.45) is 4.20. The van der Waals surface area contributed by atoms with Crippen LogP contribution in [-0.2, 0) is 0 Å². The first-order valence-corrected chi connectivity index (χ1v) is 7.35. The monoisotopic (exact) mass is 283 g/mol. The first kappa shape index (κ1) is 13.9. The molecule has 1 fully saturated rings. The van der Waals surface area contributed by atoms with Gasteiger partial charge in [-0.1, -0.05) is 6.92 Å². The zero-order valence-corrected chi connectivity index (χ0v) is 11.5. The molecule has 19 heavy (non-hydrogen) atoms. The number of nitrogens with one attached hydrogen (secondary N) is 2. The van der Waals surface area contributed by atoms with E-state index in [0.717, 1.165) is 25.0 Å². The average molecular weight is 283 g/mol. The smallest absolute Gasteiger partial charge is 0.354 e. The third-order valence-electron chi connectivity index (χ3n) is 3.19. The average Bonchev–Trinajstić information content (AvgIpc) is 2.98. The number of imidazole rings is 1. The summed E-state index contributed by atoms with van der Waals surface area (Å²) in [6.45, 7) is 2.12. The predicted octanol–water partition coefficient (Wildman–Crippen LogP) is 1.51. The van der Waals surface area contributed by atoms with E-state index in [1.165, 1.54) is 6.33 Å². The maximum atomic E-state index is 12.0. The number of aromatic carboxylic acids is 1. The van der Waals surface area contributed by atoms with Crippen molar-refractivity contribution in [2.75, 3.05) is 5.75 Å². The third-order valence-corrected chi connectivity index (χ3v) is 4.42. The lowest BCUT2D eigenvalue weighted by Gasteiger charge is -2.12. The molecular formula is C12H17N3O3S. The lowest BCUT2D eigenvalue weighted by molar-refractivity contribution is 0.0684. The van der Waals surface area contributed by atoms with Crippen LogP contribution < -0.4 is 5.32 Å². The maximum Gasteiger partial charge on any atom is 0.354 e. The molecule has 0 saturated heterocycles. The highest BCUT2D eigenvalue weighted by Gasteiger charge is 2.28. The Balaban J connectivity index is 1.95. The number of thioether (sulfide) groups is 1. The summed E-state index contributed by atoms with van der Waals surface area (Å²) in [5.41, 5.74) is -0.200. The fraction of sp³-hybridized carbons (Fsp3) is 0.583. The standard InChI is InChI=1S/C12H17N3O3S/c1-2-19-8-4-3-7(5-8)15-11(16)9-10(12(17)18)14-6-13-9/h6-8H,2-5H2,1H3,(H,13,14)(H,15,16)(H,17,18). The van der Waals surface area contributed by atoms with Gasteiger partial charge in [-0.2, -0.15) is 11.8 Å². The van der Waals surface area contributed by atoms with Crippen LogP contribution in [0, 0.1) is 0 Å².